The third kappa shape index (κ3) is 4.85. The summed E-state index contributed by atoms with van der Waals surface area (Å²) in [5.41, 5.74) is 0. The van der Waals surface area contributed by atoms with Crippen LogP contribution >= 0.6 is 12.6 Å². The van der Waals surface area contributed by atoms with E-state index in [0.717, 1.165) is 30.5 Å². The molecule has 0 aliphatic carbocycles. The smallest absolute Gasteiger partial charge is 0.131 e. The molecule has 5 nitrogen and oxygen atoms in total. The van der Waals surface area contributed by atoms with Crippen molar-refractivity contribution in [1.82, 2.24) is 9.97 Å². The second-order valence-corrected chi connectivity index (χ2v) is 3.31. The zero-order valence-electron chi connectivity index (χ0n) is 8.73. The summed E-state index contributed by atoms with van der Waals surface area (Å²) in [7, 11) is 1.67. The van der Waals surface area contributed by atoms with Gasteiger partial charge in [-0.15, -0.1) is 0 Å². The Kier molecular flexibility index (Phi) is 5.87. The molecule has 2 N–H and O–H groups in total. The first-order valence-corrected chi connectivity index (χ1v) is 5.39. The van der Waals surface area contributed by atoms with Crippen molar-refractivity contribution in [2.45, 2.75) is 0 Å². The van der Waals surface area contributed by atoms with Gasteiger partial charge in [-0.2, -0.15) is 12.6 Å². The maximum atomic E-state index is 4.93. The predicted octanol–water partition coefficient (Wildman–Crippen LogP) is 0.877. The molecule has 1 aromatic heterocycles. The van der Waals surface area contributed by atoms with Crippen LogP contribution in [0.25, 0.3) is 0 Å². The maximum Gasteiger partial charge on any atom is 0.131 e. The molecule has 0 bridgehead atoms. The molecule has 84 valence electrons. The van der Waals surface area contributed by atoms with Gasteiger partial charge in [0.1, 0.15) is 18.0 Å². The zero-order chi connectivity index (χ0) is 10.9. The summed E-state index contributed by atoms with van der Waals surface area (Å²) in [5, 5.41) is 6.25. The molecule has 0 unspecified atom stereocenters. The van der Waals surface area contributed by atoms with E-state index >= 15 is 0 Å². The van der Waals surface area contributed by atoms with Crippen LogP contribution in [0.2, 0.25) is 0 Å². The maximum absolute atomic E-state index is 4.93. The molecule has 0 atom stereocenters. The van der Waals surface area contributed by atoms with Gasteiger partial charge in [-0.05, 0) is 0 Å². The Labute approximate surface area is 95.1 Å². The third-order valence-electron chi connectivity index (χ3n) is 1.70. The highest BCUT2D eigenvalue weighted by Gasteiger charge is 1.96. The lowest BCUT2D eigenvalue weighted by Gasteiger charge is -2.07. The summed E-state index contributed by atoms with van der Waals surface area (Å²) < 4.78 is 4.93. The Morgan fingerprint density at radius 2 is 1.93 bits per heavy atom. The number of aromatic nitrogens is 2. The van der Waals surface area contributed by atoms with Crippen molar-refractivity contribution in [2.75, 3.05) is 43.2 Å². The SMILES string of the molecule is COCCNc1cc(NCCS)ncn1. The molecular formula is C9H16N4OS. The topological polar surface area (TPSA) is 59.1 Å². The van der Waals surface area contributed by atoms with Crippen LogP contribution in [-0.2, 0) is 4.74 Å². The van der Waals surface area contributed by atoms with Crippen molar-refractivity contribution in [1.29, 1.82) is 0 Å². The van der Waals surface area contributed by atoms with Gasteiger partial charge in [0.05, 0.1) is 6.61 Å². The summed E-state index contributed by atoms with van der Waals surface area (Å²) in [4.78, 5) is 8.16. The van der Waals surface area contributed by atoms with Gasteiger partial charge in [0.25, 0.3) is 0 Å². The lowest BCUT2D eigenvalue weighted by Crippen LogP contribution is -2.10. The minimum absolute atomic E-state index is 0.656. The Balaban J connectivity index is 2.42. The molecule has 1 heterocycles. The van der Waals surface area contributed by atoms with Crippen molar-refractivity contribution in [3.63, 3.8) is 0 Å². The first kappa shape index (κ1) is 12.1. The quantitative estimate of drug-likeness (QED) is 0.478. The summed E-state index contributed by atoms with van der Waals surface area (Å²) in [6.45, 7) is 2.18. The van der Waals surface area contributed by atoms with E-state index < -0.39 is 0 Å². The van der Waals surface area contributed by atoms with Crippen molar-refractivity contribution < 1.29 is 4.74 Å². The number of thiol groups is 1. The zero-order valence-corrected chi connectivity index (χ0v) is 9.63. The van der Waals surface area contributed by atoms with E-state index in [1.165, 1.54) is 6.33 Å². The normalized spacial score (nSPS) is 10.0. The molecule has 6 heteroatoms. The van der Waals surface area contributed by atoms with Gasteiger partial charge in [0.2, 0.25) is 0 Å². The van der Waals surface area contributed by atoms with Crippen molar-refractivity contribution in [3.8, 4) is 0 Å². The predicted molar refractivity (Wildman–Crippen MR) is 64.7 cm³/mol. The molecule has 0 aliphatic heterocycles. The van der Waals surface area contributed by atoms with Crippen LogP contribution in [0.5, 0.6) is 0 Å². The number of anilines is 2. The molecule has 0 radical (unpaired) electrons. The number of methoxy groups -OCH3 is 1. The Morgan fingerprint density at radius 3 is 2.53 bits per heavy atom. The number of hydrogen-bond donors (Lipinski definition) is 3. The third-order valence-corrected chi connectivity index (χ3v) is 1.92. The number of nitrogens with zero attached hydrogens (tertiary/aromatic N) is 2. The highest BCUT2D eigenvalue weighted by Crippen LogP contribution is 2.07. The van der Waals surface area contributed by atoms with Crippen LogP contribution in [0.1, 0.15) is 0 Å². The molecule has 1 rings (SSSR count). The van der Waals surface area contributed by atoms with Gasteiger partial charge in [-0.3, -0.25) is 0 Å². The van der Waals surface area contributed by atoms with Gasteiger partial charge in [0, 0.05) is 32.0 Å². The number of ether oxygens (including phenoxy) is 1. The number of rotatable bonds is 7. The summed E-state index contributed by atoms with van der Waals surface area (Å²) in [6.07, 6.45) is 1.52. The first-order valence-electron chi connectivity index (χ1n) is 4.76. The molecule has 1 aromatic rings. The largest absolute Gasteiger partial charge is 0.383 e. The van der Waals surface area contributed by atoms with E-state index in [4.69, 9.17) is 4.74 Å². The van der Waals surface area contributed by atoms with Gasteiger partial charge in [-0.1, -0.05) is 0 Å². The van der Waals surface area contributed by atoms with E-state index in [1.54, 1.807) is 7.11 Å². The van der Waals surface area contributed by atoms with E-state index in [2.05, 4.69) is 33.2 Å². The average Bonchev–Trinajstić information content (AvgIpc) is 2.27. The second kappa shape index (κ2) is 7.30. The number of hydrogen-bond acceptors (Lipinski definition) is 6. The molecule has 0 saturated heterocycles. The summed E-state index contributed by atoms with van der Waals surface area (Å²) >= 11 is 4.11. The molecular weight excluding hydrogens is 212 g/mol. The average molecular weight is 228 g/mol. The minimum atomic E-state index is 0.656. The van der Waals surface area contributed by atoms with Crippen LogP contribution < -0.4 is 10.6 Å². The van der Waals surface area contributed by atoms with E-state index in [-0.39, 0.29) is 0 Å². The van der Waals surface area contributed by atoms with E-state index in [9.17, 15) is 0 Å². The first-order chi connectivity index (χ1) is 7.36. The molecule has 0 saturated carbocycles. The van der Waals surface area contributed by atoms with Gasteiger partial charge < -0.3 is 15.4 Å². The van der Waals surface area contributed by atoms with E-state index in [0.29, 0.717) is 6.61 Å². The second-order valence-electron chi connectivity index (χ2n) is 2.86. The van der Waals surface area contributed by atoms with Crippen LogP contribution in [0.3, 0.4) is 0 Å². The standard InChI is InChI=1S/C9H16N4OS/c1-14-4-2-10-8-6-9(11-3-5-15)13-7-12-8/h6-7,15H,2-5H2,1H3,(H2,10,11,12,13). The lowest BCUT2D eigenvalue weighted by molar-refractivity contribution is 0.210. The summed E-state index contributed by atoms with van der Waals surface area (Å²) in [5.74, 6) is 2.37. The van der Waals surface area contributed by atoms with Crippen LogP contribution in [-0.4, -0.2) is 42.5 Å². The van der Waals surface area contributed by atoms with Gasteiger partial charge >= 0.3 is 0 Å². The van der Waals surface area contributed by atoms with Crippen LogP contribution in [0, 0.1) is 0 Å². The fourth-order valence-corrected chi connectivity index (χ4v) is 1.13. The van der Waals surface area contributed by atoms with Gasteiger partial charge in [-0.25, -0.2) is 9.97 Å². The highest BCUT2D eigenvalue weighted by molar-refractivity contribution is 7.80. The van der Waals surface area contributed by atoms with Crippen LogP contribution in [0.15, 0.2) is 12.4 Å². The monoisotopic (exact) mass is 228 g/mol. The molecule has 0 amide bonds. The molecule has 0 aliphatic rings. The van der Waals surface area contributed by atoms with Crippen molar-refractivity contribution >= 4 is 24.3 Å². The summed E-state index contributed by atoms with van der Waals surface area (Å²) in [6, 6.07) is 1.86. The molecule has 0 fully saturated rings. The van der Waals surface area contributed by atoms with E-state index in [1.807, 2.05) is 6.07 Å². The molecule has 0 spiro atoms. The highest BCUT2D eigenvalue weighted by atomic mass is 32.1. The lowest BCUT2D eigenvalue weighted by atomic mass is 10.5. The molecule has 0 aromatic carbocycles. The Morgan fingerprint density at radius 1 is 1.27 bits per heavy atom. The Bertz CT molecular complexity index is 285. The van der Waals surface area contributed by atoms with Gasteiger partial charge in [0.15, 0.2) is 0 Å². The molecule has 15 heavy (non-hydrogen) atoms. The minimum Gasteiger partial charge on any atom is -0.383 e. The fourth-order valence-electron chi connectivity index (χ4n) is 1.02. The fraction of sp³-hybridized carbons (Fsp3) is 0.556. The Hall–Kier alpha value is -1.01. The van der Waals surface area contributed by atoms with Crippen LogP contribution in [0.4, 0.5) is 11.6 Å². The van der Waals surface area contributed by atoms with Crippen molar-refractivity contribution in [2.24, 2.45) is 0 Å². The number of nitrogens with one attached hydrogen (secondary N) is 2. The van der Waals surface area contributed by atoms with Crippen molar-refractivity contribution in [3.05, 3.63) is 12.4 Å².